The first-order valence-corrected chi connectivity index (χ1v) is 12.5. The second kappa shape index (κ2) is 12.1. The average molecular weight is 471 g/mol. The number of ether oxygens (including phenoxy) is 1. The predicted molar refractivity (Wildman–Crippen MR) is 143 cm³/mol. The van der Waals surface area contributed by atoms with E-state index in [0.717, 1.165) is 49.2 Å². The van der Waals surface area contributed by atoms with Gasteiger partial charge < -0.3 is 20.1 Å². The van der Waals surface area contributed by atoms with Crippen molar-refractivity contribution in [3.05, 3.63) is 84.1 Å². The summed E-state index contributed by atoms with van der Waals surface area (Å²) in [6, 6.07) is 22.8. The Bertz CT molecular complexity index is 1230. The third-order valence-corrected chi connectivity index (χ3v) is 6.25. The SMILES string of the molecule is CCCc1c(OCCCCNc2ccc(CCC(=O)O)cc2)ccc2c(-c3ccccc3)c[nH]c12. The highest BCUT2D eigenvalue weighted by Crippen LogP contribution is 2.35. The summed E-state index contributed by atoms with van der Waals surface area (Å²) in [7, 11) is 0. The van der Waals surface area contributed by atoms with Gasteiger partial charge in [0.1, 0.15) is 5.75 Å². The van der Waals surface area contributed by atoms with Crippen LogP contribution in [0.2, 0.25) is 0 Å². The molecule has 5 heteroatoms. The molecule has 1 heterocycles. The number of rotatable bonds is 13. The number of aromatic amines is 1. The van der Waals surface area contributed by atoms with Gasteiger partial charge in [-0.1, -0.05) is 55.8 Å². The van der Waals surface area contributed by atoms with E-state index in [4.69, 9.17) is 9.84 Å². The van der Waals surface area contributed by atoms with E-state index >= 15 is 0 Å². The second-order valence-corrected chi connectivity index (χ2v) is 8.86. The monoisotopic (exact) mass is 470 g/mol. The molecule has 182 valence electrons. The van der Waals surface area contributed by atoms with Crippen molar-refractivity contribution in [3.63, 3.8) is 0 Å². The van der Waals surface area contributed by atoms with Crippen LogP contribution in [0.1, 0.15) is 43.7 Å². The van der Waals surface area contributed by atoms with Crippen LogP contribution in [0.3, 0.4) is 0 Å². The summed E-state index contributed by atoms with van der Waals surface area (Å²) in [5, 5.41) is 13.5. The standard InChI is InChI=1S/C30H34N2O3/c1-2-8-26-28(17-16-25-27(21-32-30(25)26)23-9-4-3-5-10-23)35-20-7-6-19-31-24-14-11-22(12-15-24)13-18-29(33)34/h3-5,9-12,14-17,21,31-32H,2,6-8,13,18-20H2,1H3,(H,33,34). The Morgan fingerprint density at radius 2 is 1.77 bits per heavy atom. The van der Waals surface area contributed by atoms with Crippen LogP contribution in [-0.2, 0) is 17.6 Å². The first-order valence-electron chi connectivity index (χ1n) is 12.5. The molecule has 0 spiro atoms. The zero-order chi connectivity index (χ0) is 24.5. The van der Waals surface area contributed by atoms with Gasteiger partial charge >= 0.3 is 5.97 Å². The highest BCUT2D eigenvalue weighted by molar-refractivity contribution is 5.98. The molecule has 3 N–H and O–H groups in total. The zero-order valence-corrected chi connectivity index (χ0v) is 20.3. The van der Waals surface area contributed by atoms with E-state index in [1.54, 1.807) is 0 Å². The van der Waals surface area contributed by atoms with Crippen LogP contribution in [0.5, 0.6) is 5.75 Å². The smallest absolute Gasteiger partial charge is 0.303 e. The zero-order valence-electron chi connectivity index (χ0n) is 20.3. The van der Waals surface area contributed by atoms with Gasteiger partial charge in [0.2, 0.25) is 0 Å². The summed E-state index contributed by atoms with van der Waals surface area (Å²) in [5.74, 6) is 0.215. The molecule has 0 aliphatic rings. The van der Waals surface area contributed by atoms with E-state index < -0.39 is 5.97 Å². The third kappa shape index (κ3) is 6.44. The summed E-state index contributed by atoms with van der Waals surface area (Å²) in [4.78, 5) is 14.2. The highest BCUT2D eigenvalue weighted by atomic mass is 16.5. The molecule has 0 aliphatic heterocycles. The van der Waals surface area contributed by atoms with E-state index in [0.29, 0.717) is 13.0 Å². The topological polar surface area (TPSA) is 74.3 Å². The molecule has 0 amide bonds. The number of aromatic nitrogens is 1. The highest BCUT2D eigenvalue weighted by Gasteiger charge is 2.13. The quantitative estimate of drug-likeness (QED) is 0.183. The number of aryl methyl sites for hydroxylation is 2. The first-order chi connectivity index (χ1) is 17.2. The maximum Gasteiger partial charge on any atom is 0.303 e. The fraction of sp³-hybridized carbons (Fsp3) is 0.300. The molecule has 1 aromatic heterocycles. The van der Waals surface area contributed by atoms with Crippen LogP contribution in [-0.4, -0.2) is 29.2 Å². The number of hydrogen-bond acceptors (Lipinski definition) is 3. The fourth-order valence-electron chi connectivity index (χ4n) is 4.41. The normalized spacial score (nSPS) is 11.0. The summed E-state index contributed by atoms with van der Waals surface area (Å²) in [5.41, 5.74) is 6.98. The minimum Gasteiger partial charge on any atom is -0.493 e. The lowest BCUT2D eigenvalue weighted by Gasteiger charge is -2.13. The number of carboxylic acids is 1. The number of aliphatic carboxylic acids is 1. The molecule has 4 rings (SSSR count). The number of fused-ring (bicyclic) bond motifs is 1. The number of anilines is 1. The van der Waals surface area contributed by atoms with Crippen LogP contribution in [0, 0.1) is 0 Å². The Hall–Kier alpha value is -3.73. The minimum absolute atomic E-state index is 0.164. The molecular weight excluding hydrogens is 436 g/mol. The lowest BCUT2D eigenvalue weighted by atomic mass is 10.0. The molecule has 35 heavy (non-hydrogen) atoms. The Kier molecular flexibility index (Phi) is 8.44. The molecule has 4 aromatic rings. The van der Waals surface area contributed by atoms with Crippen LogP contribution in [0.25, 0.3) is 22.0 Å². The molecular formula is C30H34N2O3. The van der Waals surface area contributed by atoms with Gasteiger partial charge in [0.25, 0.3) is 0 Å². The van der Waals surface area contributed by atoms with Gasteiger partial charge in [0.15, 0.2) is 0 Å². The molecule has 0 bridgehead atoms. The van der Waals surface area contributed by atoms with E-state index in [1.165, 1.54) is 27.6 Å². The van der Waals surface area contributed by atoms with Gasteiger partial charge in [-0.3, -0.25) is 4.79 Å². The van der Waals surface area contributed by atoms with Crippen LogP contribution in [0.4, 0.5) is 5.69 Å². The van der Waals surface area contributed by atoms with Gasteiger partial charge in [-0.15, -0.1) is 0 Å². The molecule has 0 atom stereocenters. The Labute approximate surface area is 207 Å². The second-order valence-electron chi connectivity index (χ2n) is 8.86. The molecule has 0 saturated carbocycles. The largest absolute Gasteiger partial charge is 0.493 e. The molecule has 0 saturated heterocycles. The maximum atomic E-state index is 10.7. The number of nitrogens with one attached hydrogen (secondary N) is 2. The number of carbonyl (C=O) groups is 1. The average Bonchev–Trinajstić information content (AvgIpc) is 3.31. The number of benzene rings is 3. The van der Waals surface area contributed by atoms with E-state index in [9.17, 15) is 4.79 Å². The first kappa shape index (κ1) is 24.4. The minimum atomic E-state index is -0.763. The number of unbranched alkanes of at least 4 members (excludes halogenated alkanes) is 1. The van der Waals surface area contributed by atoms with Gasteiger partial charge in [-0.05, 0) is 61.1 Å². The fourth-order valence-corrected chi connectivity index (χ4v) is 4.41. The van der Waals surface area contributed by atoms with Crippen molar-refractivity contribution in [1.82, 2.24) is 4.98 Å². The van der Waals surface area contributed by atoms with Crippen molar-refractivity contribution >= 4 is 22.6 Å². The molecule has 3 aromatic carbocycles. The summed E-state index contributed by atoms with van der Waals surface area (Å²) < 4.78 is 6.23. The van der Waals surface area contributed by atoms with Gasteiger partial charge in [0, 0.05) is 41.4 Å². The van der Waals surface area contributed by atoms with Gasteiger partial charge in [-0.2, -0.15) is 0 Å². The Morgan fingerprint density at radius 3 is 2.51 bits per heavy atom. The Morgan fingerprint density at radius 1 is 0.971 bits per heavy atom. The van der Waals surface area contributed by atoms with Gasteiger partial charge in [0.05, 0.1) is 12.1 Å². The van der Waals surface area contributed by atoms with Crippen molar-refractivity contribution in [2.75, 3.05) is 18.5 Å². The van der Waals surface area contributed by atoms with Gasteiger partial charge in [-0.25, -0.2) is 0 Å². The van der Waals surface area contributed by atoms with Crippen molar-refractivity contribution in [3.8, 4) is 16.9 Å². The third-order valence-electron chi connectivity index (χ3n) is 6.25. The van der Waals surface area contributed by atoms with E-state index in [2.05, 4.69) is 59.8 Å². The molecule has 0 fully saturated rings. The van der Waals surface area contributed by atoms with Crippen LogP contribution in [0.15, 0.2) is 72.9 Å². The Balaban J connectivity index is 1.29. The number of carboxylic acid groups (broad SMARTS) is 1. The predicted octanol–water partition coefficient (Wildman–Crippen LogP) is 7.08. The molecule has 0 aliphatic carbocycles. The summed E-state index contributed by atoms with van der Waals surface area (Å²) in [6.45, 7) is 3.76. The number of hydrogen-bond donors (Lipinski definition) is 3. The van der Waals surface area contributed by atoms with Crippen molar-refractivity contribution in [1.29, 1.82) is 0 Å². The van der Waals surface area contributed by atoms with E-state index in [1.807, 2.05) is 30.3 Å². The van der Waals surface area contributed by atoms with Crippen LogP contribution >= 0.6 is 0 Å². The molecule has 0 unspecified atom stereocenters. The lowest BCUT2D eigenvalue weighted by molar-refractivity contribution is -0.136. The summed E-state index contributed by atoms with van der Waals surface area (Å²) >= 11 is 0. The molecule has 0 radical (unpaired) electrons. The van der Waals surface area contributed by atoms with Crippen LogP contribution < -0.4 is 10.1 Å². The molecule has 5 nitrogen and oxygen atoms in total. The van der Waals surface area contributed by atoms with Crippen molar-refractivity contribution in [2.45, 2.75) is 45.4 Å². The van der Waals surface area contributed by atoms with E-state index in [-0.39, 0.29) is 6.42 Å². The lowest BCUT2D eigenvalue weighted by Crippen LogP contribution is -2.06. The summed E-state index contributed by atoms with van der Waals surface area (Å²) in [6.07, 6.45) is 6.85. The van der Waals surface area contributed by atoms with Crippen molar-refractivity contribution in [2.24, 2.45) is 0 Å². The van der Waals surface area contributed by atoms with Crippen molar-refractivity contribution < 1.29 is 14.6 Å². The number of H-pyrrole nitrogens is 1. The maximum absolute atomic E-state index is 10.7.